The van der Waals surface area contributed by atoms with Gasteiger partial charge in [0.05, 0.1) is 10.9 Å². The smallest absolute Gasteiger partial charge is 0.168 e. The van der Waals surface area contributed by atoms with Crippen LogP contribution in [0.2, 0.25) is 0 Å². The fraction of sp³-hybridized carbons (Fsp3) is 0.0476. The Morgan fingerprint density at radius 3 is 2.27 bits per heavy atom. The van der Waals surface area contributed by atoms with Crippen LogP contribution in [0.4, 0.5) is 10.2 Å². The molecule has 0 atom stereocenters. The van der Waals surface area contributed by atoms with E-state index >= 15 is 0 Å². The number of ether oxygens (including phenoxy) is 1. The highest BCUT2D eigenvalue weighted by molar-refractivity contribution is 5.95. The monoisotopic (exact) mass is 345 g/mol. The molecular formula is C21H16FN3O. The van der Waals surface area contributed by atoms with E-state index in [1.165, 1.54) is 6.07 Å². The van der Waals surface area contributed by atoms with Gasteiger partial charge in [-0.15, -0.1) is 0 Å². The molecule has 1 heterocycles. The predicted octanol–water partition coefficient (Wildman–Crippen LogP) is 4.60. The maximum atomic E-state index is 14.4. The molecule has 0 aliphatic heterocycles. The summed E-state index contributed by atoms with van der Waals surface area (Å²) in [6, 6.07) is 22.0. The van der Waals surface area contributed by atoms with Crippen molar-refractivity contribution in [3.8, 4) is 17.1 Å². The van der Waals surface area contributed by atoms with E-state index in [2.05, 4.69) is 9.97 Å². The first-order chi connectivity index (χ1) is 12.7. The van der Waals surface area contributed by atoms with Crippen LogP contribution in [0.15, 0.2) is 72.8 Å². The van der Waals surface area contributed by atoms with Crippen LogP contribution < -0.4 is 10.5 Å². The predicted molar refractivity (Wildman–Crippen MR) is 100 cm³/mol. The first-order valence-corrected chi connectivity index (χ1v) is 8.20. The molecule has 0 fully saturated rings. The summed E-state index contributed by atoms with van der Waals surface area (Å²) in [7, 11) is 0. The molecule has 0 aliphatic rings. The molecule has 0 aliphatic carbocycles. The summed E-state index contributed by atoms with van der Waals surface area (Å²) >= 11 is 0. The lowest BCUT2D eigenvalue weighted by Crippen LogP contribution is -2.03. The van der Waals surface area contributed by atoms with Crippen molar-refractivity contribution in [2.24, 2.45) is 0 Å². The van der Waals surface area contributed by atoms with Crippen LogP contribution >= 0.6 is 0 Å². The number of aromatic nitrogens is 2. The zero-order valence-electron chi connectivity index (χ0n) is 13.9. The van der Waals surface area contributed by atoms with Gasteiger partial charge >= 0.3 is 0 Å². The lowest BCUT2D eigenvalue weighted by atomic mass is 10.1. The van der Waals surface area contributed by atoms with E-state index in [1.807, 2.05) is 60.7 Å². The molecule has 0 unspecified atom stereocenters. The minimum Gasteiger partial charge on any atom is -0.485 e. The van der Waals surface area contributed by atoms with Gasteiger partial charge in [0.2, 0.25) is 0 Å². The van der Waals surface area contributed by atoms with Gasteiger partial charge in [0.15, 0.2) is 17.4 Å². The van der Waals surface area contributed by atoms with Gasteiger partial charge in [-0.25, -0.2) is 14.4 Å². The molecule has 4 aromatic rings. The highest BCUT2D eigenvalue weighted by Crippen LogP contribution is 2.33. The Hall–Kier alpha value is -3.47. The van der Waals surface area contributed by atoms with Crippen LogP contribution in [0.3, 0.4) is 0 Å². The van der Waals surface area contributed by atoms with Crippen LogP contribution in [-0.2, 0) is 6.61 Å². The van der Waals surface area contributed by atoms with Crippen molar-refractivity contribution >= 4 is 16.7 Å². The van der Waals surface area contributed by atoms with Gasteiger partial charge in [0.25, 0.3) is 0 Å². The second-order valence-electron chi connectivity index (χ2n) is 5.84. The zero-order chi connectivity index (χ0) is 17.9. The Labute approximate surface area is 150 Å². The normalized spacial score (nSPS) is 10.8. The molecule has 0 radical (unpaired) electrons. The second-order valence-corrected chi connectivity index (χ2v) is 5.84. The van der Waals surface area contributed by atoms with Crippen molar-refractivity contribution in [1.82, 2.24) is 9.97 Å². The minimum absolute atomic E-state index is 0.0727. The summed E-state index contributed by atoms with van der Waals surface area (Å²) in [5.74, 6) is 0.271. The summed E-state index contributed by atoms with van der Waals surface area (Å²) in [6.07, 6.45) is 0. The Morgan fingerprint density at radius 1 is 0.846 bits per heavy atom. The largest absolute Gasteiger partial charge is 0.485 e. The molecule has 0 bridgehead atoms. The van der Waals surface area contributed by atoms with Gasteiger partial charge in [-0.2, -0.15) is 0 Å². The first-order valence-electron chi connectivity index (χ1n) is 8.20. The number of anilines is 1. The second kappa shape index (κ2) is 6.80. The number of halogens is 1. The molecule has 0 spiro atoms. The molecule has 2 N–H and O–H groups in total. The van der Waals surface area contributed by atoms with Gasteiger partial charge < -0.3 is 10.5 Å². The third-order valence-corrected chi connectivity index (χ3v) is 4.05. The third kappa shape index (κ3) is 3.07. The minimum atomic E-state index is -0.490. The fourth-order valence-corrected chi connectivity index (χ4v) is 2.78. The number of rotatable bonds is 4. The topological polar surface area (TPSA) is 61.0 Å². The number of benzene rings is 3. The molecule has 26 heavy (non-hydrogen) atoms. The molecule has 5 heteroatoms. The summed E-state index contributed by atoms with van der Waals surface area (Å²) in [4.78, 5) is 8.87. The highest BCUT2D eigenvalue weighted by atomic mass is 19.1. The van der Waals surface area contributed by atoms with Crippen LogP contribution in [0, 0.1) is 5.82 Å². The van der Waals surface area contributed by atoms with E-state index < -0.39 is 5.82 Å². The molecule has 1 aromatic heterocycles. The van der Waals surface area contributed by atoms with Crippen LogP contribution in [0.5, 0.6) is 5.75 Å². The van der Waals surface area contributed by atoms with Crippen molar-refractivity contribution < 1.29 is 9.13 Å². The van der Waals surface area contributed by atoms with Gasteiger partial charge in [0, 0.05) is 5.56 Å². The van der Waals surface area contributed by atoms with E-state index in [-0.39, 0.29) is 18.2 Å². The van der Waals surface area contributed by atoms with Gasteiger partial charge in [0.1, 0.15) is 12.4 Å². The Bertz CT molecular complexity index is 1050. The van der Waals surface area contributed by atoms with E-state index in [1.54, 1.807) is 6.07 Å². The molecule has 4 rings (SSSR count). The third-order valence-electron chi connectivity index (χ3n) is 4.05. The number of nitrogen functional groups attached to an aromatic ring is 1. The molecule has 0 saturated carbocycles. The fourth-order valence-electron chi connectivity index (χ4n) is 2.78. The van der Waals surface area contributed by atoms with Gasteiger partial charge in [-0.3, -0.25) is 0 Å². The standard InChI is InChI=1S/C21H16FN3O/c22-16-11-12-17-18(19(16)26-13-14-7-3-1-4-8-14)20(23)25-21(24-17)15-9-5-2-6-10-15/h1-12H,13H2,(H2,23,24,25). The molecular weight excluding hydrogens is 329 g/mol. The quantitative estimate of drug-likeness (QED) is 0.587. The molecule has 0 saturated heterocycles. The summed E-state index contributed by atoms with van der Waals surface area (Å²) in [6.45, 7) is 0.233. The molecule has 4 nitrogen and oxygen atoms in total. The molecule has 0 amide bonds. The Balaban J connectivity index is 1.77. The lowest BCUT2D eigenvalue weighted by Gasteiger charge is -2.12. The Morgan fingerprint density at radius 2 is 1.54 bits per heavy atom. The van der Waals surface area contributed by atoms with Crippen LogP contribution in [0.1, 0.15) is 5.56 Å². The summed E-state index contributed by atoms with van der Waals surface area (Å²) in [5, 5.41) is 0.389. The van der Waals surface area contributed by atoms with Crippen LogP contribution in [0.25, 0.3) is 22.3 Å². The van der Waals surface area contributed by atoms with Crippen molar-refractivity contribution in [2.45, 2.75) is 6.61 Å². The van der Waals surface area contributed by atoms with Crippen molar-refractivity contribution in [1.29, 1.82) is 0 Å². The van der Waals surface area contributed by atoms with E-state index in [0.717, 1.165) is 11.1 Å². The summed E-state index contributed by atoms with van der Waals surface area (Å²) in [5.41, 5.74) is 8.46. The molecule has 3 aromatic carbocycles. The maximum Gasteiger partial charge on any atom is 0.168 e. The van der Waals surface area contributed by atoms with E-state index in [0.29, 0.717) is 16.7 Å². The van der Waals surface area contributed by atoms with Gasteiger partial charge in [-0.1, -0.05) is 60.7 Å². The number of nitrogens with two attached hydrogens (primary N) is 1. The molecule has 128 valence electrons. The average Bonchev–Trinajstić information content (AvgIpc) is 2.69. The number of hydrogen-bond acceptors (Lipinski definition) is 4. The number of hydrogen-bond donors (Lipinski definition) is 1. The summed E-state index contributed by atoms with van der Waals surface area (Å²) < 4.78 is 20.1. The Kier molecular flexibility index (Phi) is 4.19. The van der Waals surface area contributed by atoms with Crippen molar-refractivity contribution in [2.75, 3.05) is 5.73 Å². The van der Waals surface area contributed by atoms with Gasteiger partial charge in [-0.05, 0) is 17.7 Å². The van der Waals surface area contributed by atoms with E-state index in [4.69, 9.17) is 10.5 Å². The van der Waals surface area contributed by atoms with Crippen molar-refractivity contribution in [3.05, 3.63) is 84.2 Å². The average molecular weight is 345 g/mol. The first kappa shape index (κ1) is 16.0. The maximum absolute atomic E-state index is 14.4. The lowest BCUT2D eigenvalue weighted by molar-refractivity contribution is 0.294. The number of nitrogens with zero attached hydrogens (tertiary/aromatic N) is 2. The van der Waals surface area contributed by atoms with Crippen LogP contribution in [-0.4, -0.2) is 9.97 Å². The van der Waals surface area contributed by atoms with E-state index in [9.17, 15) is 4.39 Å². The zero-order valence-corrected chi connectivity index (χ0v) is 13.9. The number of fused-ring (bicyclic) bond motifs is 1. The highest BCUT2D eigenvalue weighted by Gasteiger charge is 2.16. The SMILES string of the molecule is Nc1nc(-c2ccccc2)nc2ccc(F)c(OCc3ccccc3)c12. The van der Waals surface area contributed by atoms with Crippen molar-refractivity contribution in [3.63, 3.8) is 0 Å².